The zero-order valence-electron chi connectivity index (χ0n) is 30.8. The summed E-state index contributed by atoms with van der Waals surface area (Å²) in [4.78, 5) is 7.16. The highest BCUT2D eigenvalue weighted by molar-refractivity contribution is 6.16. The Morgan fingerprint density at radius 3 is 1.75 bits per heavy atom. The fraction of sp³-hybridized carbons (Fsp3) is 0. The average Bonchev–Trinajstić information content (AvgIpc) is 3.89. The van der Waals surface area contributed by atoms with Crippen molar-refractivity contribution in [3.05, 3.63) is 206 Å². The van der Waals surface area contributed by atoms with Gasteiger partial charge in [0, 0.05) is 27.9 Å². The van der Waals surface area contributed by atoms with Gasteiger partial charge >= 0.3 is 0 Å². The van der Waals surface area contributed by atoms with Gasteiger partial charge in [0.1, 0.15) is 16.7 Å². The van der Waals surface area contributed by atoms with Crippen LogP contribution in [-0.2, 0) is 0 Å². The van der Waals surface area contributed by atoms with Gasteiger partial charge in [-0.2, -0.15) is 0 Å². The Hall–Kier alpha value is -7.69. The summed E-state index contributed by atoms with van der Waals surface area (Å²) in [7, 11) is 0. The smallest absolute Gasteiger partial charge is 0.227 e. The molecular weight excluding hydrogens is 697 g/mol. The maximum Gasteiger partial charge on any atom is 0.227 e. The van der Waals surface area contributed by atoms with Gasteiger partial charge in [0.25, 0.3) is 0 Å². The molecule has 11 aromatic rings. The molecule has 0 radical (unpaired) electrons. The molecule has 0 bridgehead atoms. The highest BCUT2D eigenvalue weighted by Crippen LogP contribution is 2.44. The minimum atomic E-state index is 0.602. The molecule has 11 rings (SSSR count). The summed E-state index contributed by atoms with van der Waals surface area (Å²) in [5, 5.41) is 4.39. The van der Waals surface area contributed by atoms with E-state index in [9.17, 15) is 0 Å². The lowest BCUT2D eigenvalue weighted by Gasteiger charge is -2.28. The maximum atomic E-state index is 6.45. The molecule has 0 saturated carbocycles. The number of anilines is 3. The molecule has 0 fully saturated rings. The second kappa shape index (κ2) is 13.6. The van der Waals surface area contributed by atoms with Crippen molar-refractivity contribution in [3.8, 4) is 44.8 Å². The zero-order chi connectivity index (χ0) is 37.7. The number of nitrogens with zero attached hydrogens (tertiary/aromatic N) is 2. The molecular formula is C53H34N2O2. The first kappa shape index (κ1) is 32.7. The highest BCUT2D eigenvalue weighted by atomic mass is 16.4. The number of hydrogen-bond acceptors (Lipinski definition) is 4. The number of para-hydroxylation sites is 1. The first-order chi connectivity index (χ1) is 28.2. The molecule has 9 aromatic carbocycles. The standard InChI is InChI=1S/C53H34N2O2/c1-3-12-35(13-4-1)36-22-27-41(28-23-36)55(48-21-10-9-19-45(48)44-20-11-17-38-14-7-8-18-43(38)44)42-29-24-37(25-30-42)40-26-31-46-50(34-40)56-49-33-32-47-52(51(46)49)57-53(54-47)39-15-5-2-6-16-39/h1-34H. The van der Waals surface area contributed by atoms with Crippen LogP contribution in [0.1, 0.15) is 0 Å². The van der Waals surface area contributed by atoms with Gasteiger partial charge in [-0.15, -0.1) is 0 Å². The van der Waals surface area contributed by atoms with Gasteiger partial charge < -0.3 is 13.7 Å². The van der Waals surface area contributed by atoms with Gasteiger partial charge in [0.2, 0.25) is 5.89 Å². The summed E-state index contributed by atoms with van der Waals surface area (Å²) in [5.41, 5.74) is 14.2. The topological polar surface area (TPSA) is 42.4 Å². The first-order valence-electron chi connectivity index (χ1n) is 19.2. The molecule has 268 valence electrons. The van der Waals surface area contributed by atoms with E-state index in [4.69, 9.17) is 13.8 Å². The Labute approximate surface area is 329 Å². The van der Waals surface area contributed by atoms with Gasteiger partial charge in [-0.25, -0.2) is 4.98 Å². The molecule has 0 saturated heterocycles. The first-order valence-corrected chi connectivity index (χ1v) is 19.2. The summed E-state index contributed by atoms with van der Waals surface area (Å²) in [6, 6.07) is 72.5. The fourth-order valence-electron chi connectivity index (χ4n) is 8.15. The lowest BCUT2D eigenvalue weighted by atomic mass is 9.96. The molecule has 2 aromatic heterocycles. The molecule has 0 aliphatic carbocycles. The third-order valence-corrected chi connectivity index (χ3v) is 10.9. The van der Waals surface area contributed by atoms with Crippen LogP contribution in [0.4, 0.5) is 17.1 Å². The average molecular weight is 731 g/mol. The summed E-state index contributed by atoms with van der Waals surface area (Å²) in [5.74, 6) is 0.602. The van der Waals surface area contributed by atoms with Crippen LogP contribution in [0.15, 0.2) is 215 Å². The summed E-state index contributed by atoms with van der Waals surface area (Å²) in [6.45, 7) is 0. The third kappa shape index (κ3) is 5.74. The Bertz CT molecular complexity index is 3210. The number of hydrogen-bond donors (Lipinski definition) is 0. The molecule has 4 nitrogen and oxygen atoms in total. The van der Waals surface area contributed by atoms with E-state index in [2.05, 4.69) is 169 Å². The van der Waals surface area contributed by atoms with Gasteiger partial charge in [0.15, 0.2) is 5.58 Å². The van der Waals surface area contributed by atoms with Crippen LogP contribution in [0.2, 0.25) is 0 Å². The monoisotopic (exact) mass is 730 g/mol. The quantitative estimate of drug-likeness (QED) is 0.164. The molecule has 0 N–H and O–H groups in total. The van der Waals surface area contributed by atoms with Crippen LogP contribution in [-0.4, -0.2) is 4.98 Å². The zero-order valence-corrected chi connectivity index (χ0v) is 30.8. The van der Waals surface area contributed by atoms with E-state index < -0.39 is 0 Å². The van der Waals surface area contributed by atoms with E-state index >= 15 is 0 Å². The van der Waals surface area contributed by atoms with Crippen molar-refractivity contribution in [1.82, 2.24) is 4.98 Å². The Balaban J connectivity index is 1.00. The second-order valence-corrected chi connectivity index (χ2v) is 14.3. The van der Waals surface area contributed by atoms with Crippen LogP contribution in [0.25, 0.3) is 88.6 Å². The van der Waals surface area contributed by atoms with Gasteiger partial charge in [-0.05, 0) is 105 Å². The van der Waals surface area contributed by atoms with Crippen molar-refractivity contribution in [2.75, 3.05) is 4.90 Å². The van der Waals surface area contributed by atoms with Crippen molar-refractivity contribution in [2.24, 2.45) is 0 Å². The molecule has 57 heavy (non-hydrogen) atoms. The molecule has 0 unspecified atom stereocenters. The molecule has 0 atom stereocenters. The van der Waals surface area contributed by atoms with Crippen LogP contribution in [0.5, 0.6) is 0 Å². The highest BCUT2D eigenvalue weighted by Gasteiger charge is 2.20. The largest absolute Gasteiger partial charge is 0.456 e. The van der Waals surface area contributed by atoms with Crippen LogP contribution in [0, 0.1) is 0 Å². The molecule has 0 aliphatic rings. The van der Waals surface area contributed by atoms with E-state index in [0.717, 1.165) is 72.4 Å². The van der Waals surface area contributed by atoms with Crippen molar-refractivity contribution in [2.45, 2.75) is 0 Å². The Kier molecular flexibility index (Phi) is 7.78. The second-order valence-electron chi connectivity index (χ2n) is 14.3. The number of furan rings is 1. The SMILES string of the molecule is c1ccc(-c2ccc(N(c3ccc(-c4ccc5c(c4)oc4ccc6nc(-c7ccccc7)oc6c45)cc3)c3ccccc3-c3cccc4ccccc34)cc2)cc1. The van der Waals surface area contributed by atoms with Crippen molar-refractivity contribution in [3.63, 3.8) is 0 Å². The number of oxazole rings is 1. The molecule has 0 amide bonds. The molecule has 0 spiro atoms. The number of rotatable bonds is 7. The minimum Gasteiger partial charge on any atom is -0.456 e. The summed E-state index contributed by atoms with van der Waals surface area (Å²) in [6.07, 6.45) is 0. The van der Waals surface area contributed by atoms with Crippen LogP contribution < -0.4 is 4.90 Å². The fourth-order valence-corrected chi connectivity index (χ4v) is 8.15. The molecule has 4 heteroatoms. The lowest BCUT2D eigenvalue weighted by Crippen LogP contribution is -2.11. The third-order valence-electron chi connectivity index (χ3n) is 10.9. The van der Waals surface area contributed by atoms with Gasteiger partial charge in [-0.1, -0.05) is 140 Å². The van der Waals surface area contributed by atoms with E-state index in [0.29, 0.717) is 5.89 Å². The summed E-state index contributed by atoms with van der Waals surface area (Å²) < 4.78 is 12.8. The van der Waals surface area contributed by atoms with Crippen molar-refractivity contribution >= 4 is 60.9 Å². The molecule has 0 aliphatic heterocycles. The minimum absolute atomic E-state index is 0.602. The maximum absolute atomic E-state index is 6.45. The lowest BCUT2D eigenvalue weighted by molar-refractivity contribution is 0.622. The number of fused-ring (bicyclic) bond motifs is 6. The Morgan fingerprint density at radius 1 is 0.386 bits per heavy atom. The number of benzene rings is 9. The van der Waals surface area contributed by atoms with Gasteiger partial charge in [-0.3, -0.25) is 0 Å². The van der Waals surface area contributed by atoms with Crippen molar-refractivity contribution in [1.29, 1.82) is 0 Å². The Morgan fingerprint density at radius 2 is 0.982 bits per heavy atom. The predicted octanol–water partition coefficient (Wildman–Crippen LogP) is 15.0. The van der Waals surface area contributed by atoms with Crippen molar-refractivity contribution < 1.29 is 8.83 Å². The van der Waals surface area contributed by atoms with Crippen LogP contribution in [0.3, 0.4) is 0 Å². The van der Waals surface area contributed by atoms with E-state index in [1.165, 1.54) is 27.5 Å². The van der Waals surface area contributed by atoms with Gasteiger partial charge in [0.05, 0.1) is 11.1 Å². The molecule has 2 heterocycles. The number of aromatic nitrogens is 1. The van der Waals surface area contributed by atoms with Crippen LogP contribution >= 0.6 is 0 Å². The van der Waals surface area contributed by atoms with E-state index in [1.807, 2.05) is 42.5 Å². The normalized spacial score (nSPS) is 11.5. The van der Waals surface area contributed by atoms with E-state index in [1.54, 1.807) is 0 Å². The van der Waals surface area contributed by atoms with E-state index in [-0.39, 0.29) is 0 Å². The summed E-state index contributed by atoms with van der Waals surface area (Å²) >= 11 is 0. The predicted molar refractivity (Wildman–Crippen MR) is 235 cm³/mol.